The topological polar surface area (TPSA) is 64.1 Å². The van der Waals surface area contributed by atoms with Crippen LogP contribution in [-0.4, -0.2) is 22.6 Å². The highest BCUT2D eigenvalue weighted by molar-refractivity contribution is 7.08. The van der Waals surface area contributed by atoms with E-state index >= 15 is 0 Å². The molecule has 0 aliphatic rings. The molecule has 1 amide bonds. The Hall–Kier alpha value is -2.44. The first kappa shape index (κ1) is 16.4. The van der Waals surface area contributed by atoms with E-state index in [0.29, 0.717) is 22.1 Å². The summed E-state index contributed by atoms with van der Waals surface area (Å²) in [5, 5.41) is 7.55. The van der Waals surface area contributed by atoms with Gasteiger partial charge in [-0.3, -0.25) is 4.79 Å². The van der Waals surface area contributed by atoms with Crippen molar-refractivity contribution in [3.8, 4) is 17.0 Å². The fraction of sp³-hybridized carbons (Fsp3) is 0.118. The second-order valence-electron chi connectivity index (χ2n) is 4.95. The average molecular weight is 360 g/mol. The molecule has 1 aromatic heterocycles. The number of carbonyl (C=O) groups is 1. The number of halogens is 1. The van der Waals surface area contributed by atoms with E-state index in [0.717, 1.165) is 28.4 Å². The summed E-state index contributed by atoms with van der Waals surface area (Å²) in [5.41, 5.74) is 2.22. The monoisotopic (exact) mass is 359 g/mol. The Morgan fingerprint density at radius 1 is 1.21 bits per heavy atom. The number of nitrogens with one attached hydrogen (secondary N) is 1. The SMILES string of the molecule is COc1ccc(-c2nnsc2C(=O)NCc2ccccc2Cl)cc1. The van der Waals surface area contributed by atoms with Gasteiger partial charge in [0.25, 0.3) is 5.91 Å². The predicted molar refractivity (Wildman–Crippen MR) is 94.5 cm³/mol. The van der Waals surface area contributed by atoms with Crippen LogP contribution in [0, 0.1) is 0 Å². The zero-order valence-corrected chi connectivity index (χ0v) is 14.4. The summed E-state index contributed by atoms with van der Waals surface area (Å²) >= 11 is 7.17. The Labute approximate surface area is 148 Å². The van der Waals surface area contributed by atoms with Crippen LogP contribution >= 0.6 is 23.1 Å². The van der Waals surface area contributed by atoms with Crippen LogP contribution in [0.4, 0.5) is 0 Å². The van der Waals surface area contributed by atoms with Gasteiger partial charge in [0.2, 0.25) is 0 Å². The van der Waals surface area contributed by atoms with Gasteiger partial charge in [0, 0.05) is 17.1 Å². The van der Waals surface area contributed by atoms with Gasteiger partial charge < -0.3 is 10.1 Å². The number of rotatable bonds is 5. The zero-order chi connectivity index (χ0) is 16.9. The van der Waals surface area contributed by atoms with E-state index in [9.17, 15) is 4.79 Å². The third-order valence-electron chi connectivity index (χ3n) is 3.45. The summed E-state index contributed by atoms with van der Waals surface area (Å²) < 4.78 is 9.05. The lowest BCUT2D eigenvalue weighted by atomic mass is 10.1. The van der Waals surface area contributed by atoms with Crippen LogP contribution in [0.5, 0.6) is 5.75 Å². The molecule has 3 rings (SSSR count). The first-order chi connectivity index (χ1) is 11.7. The number of hydrogen-bond acceptors (Lipinski definition) is 5. The van der Waals surface area contributed by atoms with Crippen molar-refractivity contribution in [2.75, 3.05) is 7.11 Å². The molecule has 0 saturated carbocycles. The summed E-state index contributed by atoms with van der Waals surface area (Å²) in [7, 11) is 1.60. The van der Waals surface area contributed by atoms with Gasteiger partial charge >= 0.3 is 0 Å². The lowest BCUT2D eigenvalue weighted by Gasteiger charge is -2.07. The van der Waals surface area contributed by atoms with Gasteiger partial charge in [-0.05, 0) is 47.4 Å². The molecule has 0 aliphatic carbocycles. The minimum absolute atomic E-state index is 0.226. The molecule has 24 heavy (non-hydrogen) atoms. The molecule has 3 aromatic rings. The van der Waals surface area contributed by atoms with Crippen molar-refractivity contribution in [3.05, 3.63) is 64.0 Å². The predicted octanol–water partition coefficient (Wildman–Crippen LogP) is 3.80. The highest BCUT2D eigenvalue weighted by atomic mass is 35.5. The van der Waals surface area contributed by atoms with Gasteiger partial charge in [-0.1, -0.05) is 34.3 Å². The van der Waals surface area contributed by atoms with Crippen LogP contribution in [0.25, 0.3) is 11.3 Å². The van der Waals surface area contributed by atoms with Crippen LogP contribution in [-0.2, 0) is 6.54 Å². The number of ether oxygens (including phenoxy) is 1. The molecule has 0 fully saturated rings. The quantitative estimate of drug-likeness (QED) is 0.752. The molecule has 7 heteroatoms. The number of amides is 1. The van der Waals surface area contributed by atoms with E-state index in [1.54, 1.807) is 13.2 Å². The van der Waals surface area contributed by atoms with Crippen molar-refractivity contribution in [2.24, 2.45) is 0 Å². The first-order valence-electron chi connectivity index (χ1n) is 7.17. The molecule has 0 radical (unpaired) electrons. The number of methoxy groups -OCH3 is 1. The highest BCUT2D eigenvalue weighted by Crippen LogP contribution is 2.26. The molecular weight excluding hydrogens is 346 g/mol. The minimum Gasteiger partial charge on any atom is -0.497 e. The molecule has 0 spiro atoms. The van der Waals surface area contributed by atoms with E-state index in [-0.39, 0.29) is 5.91 Å². The molecule has 1 N–H and O–H groups in total. The van der Waals surface area contributed by atoms with Crippen LogP contribution in [0.3, 0.4) is 0 Å². The second kappa shape index (κ2) is 7.42. The molecule has 5 nitrogen and oxygen atoms in total. The molecule has 0 aliphatic heterocycles. The fourth-order valence-electron chi connectivity index (χ4n) is 2.17. The minimum atomic E-state index is -0.226. The normalized spacial score (nSPS) is 10.4. The van der Waals surface area contributed by atoms with Gasteiger partial charge in [0.05, 0.1) is 7.11 Å². The van der Waals surface area contributed by atoms with Gasteiger partial charge in [0.15, 0.2) is 0 Å². The first-order valence-corrected chi connectivity index (χ1v) is 8.32. The maximum Gasteiger partial charge on any atom is 0.265 e. The molecule has 122 valence electrons. The van der Waals surface area contributed by atoms with Gasteiger partial charge in [0.1, 0.15) is 16.3 Å². The average Bonchev–Trinajstić information content (AvgIpc) is 3.10. The second-order valence-corrected chi connectivity index (χ2v) is 6.11. The largest absolute Gasteiger partial charge is 0.497 e. The molecule has 0 atom stereocenters. The lowest BCUT2D eigenvalue weighted by Crippen LogP contribution is -2.22. The summed E-state index contributed by atoms with van der Waals surface area (Å²) in [6.45, 7) is 0.346. The number of carbonyl (C=O) groups excluding carboxylic acids is 1. The molecule has 0 unspecified atom stereocenters. The molecular formula is C17H14ClN3O2S. The zero-order valence-electron chi connectivity index (χ0n) is 12.8. The van der Waals surface area contributed by atoms with Gasteiger partial charge in [-0.2, -0.15) is 0 Å². The molecule has 0 bridgehead atoms. The molecule has 1 heterocycles. The Kier molecular flexibility index (Phi) is 5.08. The van der Waals surface area contributed by atoms with E-state index in [1.165, 1.54) is 0 Å². The number of benzene rings is 2. The van der Waals surface area contributed by atoms with E-state index in [2.05, 4.69) is 14.9 Å². The molecule has 0 saturated heterocycles. The van der Waals surface area contributed by atoms with Crippen LogP contribution < -0.4 is 10.1 Å². The fourth-order valence-corrected chi connectivity index (χ4v) is 2.98. The van der Waals surface area contributed by atoms with E-state index in [4.69, 9.17) is 16.3 Å². The van der Waals surface area contributed by atoms with Crippen molar-refractivity contribution < 1.29 is 9.53 Å². The lowest BCUT2D eigenvalue weighted by molar-refractivity contribution is 0.0955. The van der Waals surface area contributed by atoms with Crippen LogP contribution in [0.1, 0.15) is 15.2 Å². The Balaban J connectivity index is 1.76. The summed E-state index contributed by atoms with van der Waals surface area (Å²) in [6, 6.07) is 14.7. The Bertz CT molecular complexity index is 849. The summed E-state index contributed by atoms with van der Waals surface area (Å²) in [6.07, 6.45) is 0. The number of nitrogens with zero attached hydrogens (tertiary/aromatic N) is 2. The van der Waals surface area contributed by atoms with Crippen molar-refractivity contribution >= 4 is 29.0 Å². The Morgan fingerprint density at radius 3 is 2.67 bits per heavy atom. The molecule has 2 aromatic carbocycles. The third kappa shape index (κ3) is 3.55. The van der Waals surface area contributed by atoms with E-state index < -0.39 is 0 Å². The van der Waals surface area contributed by atoms with E-state index in [1.807, 2.05) is 42.5 Å². The van der Waals surface area contributed by atoms with Crippen molar-refractivity contribution in [1.82, 2.24) is 14.9 Å². The highest BCUT2D eigenvalue weighted by Gasteiger charge is 2.18. The van der Waals surface area contributed by atoms with Crippen LogP contribution in [0.2, 0.25) is 5.02 Å². The van der Waals surface area contributed by atoms with Gasteiger partial charge in [-0.15, -0.1) is 5.10 Å². The summed E-state index contributed by atoms with van der Waals surface area (Å²) in [4.78, 5) is 12.9. The maximum absolute atomic E-state index is 12.5. The summed E-state index contributed by atoms with van der Waals surface area (Å²) in [5.74, 6) is 0.516. The smallest absolute Gasteiger partial charge is 0.265 e. The number of aromatic nitrogens is 2. The van der Waals surface area contributed by atoms with Crippen molar-refractivity contribution in [3.63, 3.8) is 0 Å². The van der Waals surface area contributed by atoms with Crippen molar-refractivity contribution in [2.45, 2.75) is 6.54 Å². The van der Waals surface area contributed by atoms with Crippen molar-refractivity contribution in [1.29, 1.82) is 0 Å². The standard InChI is InChI=1S/C17H14ClN3O2S/c1-23-13-8-6-11(7-9-13)15-16(24-21-20-15)17(22)19-10-12-4-2-3-5-14(12)18/h2-9H,10H2,1H3,(H,19,22). The number of hydrogen-bond donors (Lipinski definition) is 1. The van der Waals surface area contributed by atoms with Crippen LogP contribution in [0.15, 0.2) is 48.5 Å². The third-order valence-corrected chi connectivity index (χ3v) is 4.55. The van der Waals surface area contributed by atoms with Gasteiger partial charge in [-0.25, -0.2) is 0 Å². The Morgan fingerprint density at radius 2 is 1.96 bits per heavy atom. The maximum atomic E-state index is 12.5.